The summed E-state index contributed by atoms with van der Waals surface area (Å²) in [5.74, 6) is -1.15. The molecule has 0 radical (unpaired) electrons. The van der Waals surface area contributed by atoms with Crippen molar-refractivity contribution in [1.29, 1.82) is 0 Å². The average molecular weight is 489 g/mol. The monoisotopic (exact) mass is 489 g/mol. The van der Waals surface area contributed by atoms with E-state index in [0.717, 1.165) is 24.1 Å². The lowest BCUT2D eigenvalue weighted by atomic mass is 10.1. The quantitative estimate of drug-likeness (QED) is 0.461. The van der Waals surface area contributed by atoms with Crippen molar-refractivity contribution in [2.45, 2.75) is 51.9 Å². The maximum Gasteiger partial charge on any atom is 0.416 e. The summed E-state index contributed by atoms with van der Waals surface area (Å²) in [6.45, 7) is 3.89. The van der Waals surface area contributed by atoms with E-state index in [2.05, 4.69) is 10.3 Å². The van der Waals surface area contributed by atoms with Crippen molar-refractivity contribution in [1.82, 2.24) is 14.9 Å². The van der Waals surface area contributed by atoms with Crippen LogP contribution in [-0.4, -0.2) is 34.1 Å². The van der Waals surface area contributed by atoms with Crippen LogP contribution in [-0.2, 0) is 33.5 Å². The highest BCUT2D eigenvalue weighted by Crippen LogP contribution is 2.31. The number of nitrogens with zero attached hydrogens (tertiary/aromatic N) is 2. The number of nitrogens with one attached hydrogen (secondary N) is 1. The van der Waals surface area contributed by atoms with E-state index in [4.69, 9.17) is 4.74 Å². The van der Waals surface area contributed by atoms with Crippen LogP contribution in [0.3, 0.4) is 0 Å². The number of rotatable bonds is 9. The van der Waals surface area contributed by atoms with Gasteiger partial charge in [0.25, 0.3) is 11.5 Å². The Hall–Kier alpha value is -3.69. The molecule has 0 saturated carbocycles. The molecule has 1 unspecified atom stereocenters. The van der Waals surface area contributed by atoms with Crippen molar-refractivity contribution in [3.63, 3.8) is 0 Å². The molecule has 1 N–H and O–H groups in total. The summed E-state index contributed by atoms with van der Waals surface area (Å²) in [6.07, 6.45) is -5.27. The number of hydrogen-bond donors (Lipinski definition) is 1. The molecule has 1 aromatic heterocycles. The number of carbonyl (C=O) groups excluding carboxylic acids is 2. The van der Waals surface area contributed by atoms with Crippen LogP contribution < -0.4 is 10.9 Å². The molecule has 1 heterocycles. The lowest BCUT2D eigenvalue weighted by Gasteiger charge is -2.15. The van der Waals surface area contributed by atoms with Crippen molar-refractivity contribution in [2.75, 3.05) is 6.54 Å². The minimum absolute atomic E-state index is 0.00830. The van der Waals surface area contributed by atoms with Gasteiger partial charge in [0.2, 0.25) is 0 Å². The van der Waals surface area contributed by atoms with E-state index in [1.807, 2.05) is 13.0 Å². The molecular weight excluding hydrogens is 463 g/mol. The van der Waals surface area contributed by atoms with Crippen molar-refractivity contribution >= 4 is 22.9 Å². The molecule has 0 saturated heterocycles. The molecular formula is C25H26F3N3O4. The Morgan fingerprint density at radius 3 is 2.51 bits per heavy atom. The zero-order valence-electron chi connectivity index (χ0n) is 19.4. The fourth-order valence-corrected chi connectivity index (χ4v) is 3.48. The Morgan fingerprint density at radius 1 is 1.14 bits per heavy atom. The van der Waals surface area contributed by atoms with Crippen LogP contribution >= 0.6 is 0 Å². The third kappa shape index (κ3) is 6.68. The molecule has 0 spiro atoms. The molecule has 3 rings (SSSR count). The van der Waals surface area contributed by atoms with E-state index in [9.17, 15) is 27.6 Å². The number of fused-ring (bicyclic) bond motifs is 1. The molecule has 0 aliphatic carbocycles. The maximum absolute atomic E-state index is 13.3. The van der Waals surface area contributed by atoms with Gasteiger partial charge in [-0.1, -0.05) is 37.3 Å². The molecule has 7 nitrogen and oxygen atoms in total. The third-order valence-electron chi connectivity index (χ3n) is 5.32. The Morgan fingerprint density at radius 2 is 1.86 bits per heavy atom. The van der Waals surface area contributed by atoms with Crippen LogP contribution in [0.25, 0.3) is 11.0 Å². The number of alkyl halides is 3. The second-order valence-corrected chi connectivity index (χ2v) is 8.06. The Balaban J connectivity index is 1.89. The lowest BCUT2D eigenvalue weighted by molar-refractivity contribution is -0.154. The average Bonchev–Trinajstić information content (AvgIpc) is 2.82. The van der Waals surface area contributed by atoms with Gasteiger partial charge in [0.1, 0.15) is 5.69 Å². The minimum Gasteiger partial charge on any atom is -0.453 e. The van der Waals surface area contributed by atoms with Gasteiger partial charge in [0, 0.05) is 13.0 Å². The number of aryl methyl sites for hydroxylation is 1. The van der Waals surface area contributed by atoms with E-state index < -0.39 is 35.3 Å². The first-order chi connectivity index (χ1) is 16.6. The SMILES string of the molecule is CCCNC(=O)C(C)OC(=O)CCc1nc2cc(C(F)(F)F)ccc2n(Cc2ccccc2)c1=O. The molecule has 186 valence electrons. The van der Waals surface area contributed by atoms with Crippen molar-refractivity contribution in [2.24, 2.45) is 0 Å². The van der Waals surface area contributed by atoms with Crippen molar-refractivity contribution in [3.8, 4) is 0 Å². The third-order valence-corrected chi connectivity index (χ3v) is 5.32. The number of carbonyl (C=O) groups is 2. The number of aromatic nitrogens is 2. The predicted molar refractivity (Wildman–Crippen MR) is 124 cm³/mol. The highest BCUT2D eigenvalue weighted by atomic mass is 19.4. The molecule has 1 amide bonds. The summed E-state index contributed by atoms with van der Waals surface area (Å²) in [5, 5.41) is 2.61. The summed E-state index contributed by atoms with van der Waals surface area (Å²) < 4.78 is 46.3. The number of benzene rings is 2. The number of amides is 1. The van der Waals surface area contributed by atoms with Crippen LogP contribution in [0, 0.1) is 0 Å². The number of esters is 1. The van der Waals surface area contributed by atoms with Gasteiger partial charge in [-0.25, -0.2) is 4.98 Å². The van der Waals surface area contributed by atoms with E-state index in [0.29, 0.717) is 6.54 Å². The molecule has 0 bridgehead atoms. The summed E-state index contributed by atoms with van der Waals surface area (Å²) in [6, 6.07) is 12.0. The highest BCUT2D eigenvalue weighted by molar-refractivity contribution is 5.83. The fourth-order valence-electron chi connectivity index (χ4n) is 3.48. The van der Waals surface area contributed by atoms with Gasteiger partial charge in [0.15, 0.2) is 6.10 Å². The molecule has 2 aromatic carbocycles. The van der Waals surface area contributed by atoms with Gasteiger partial charge in [0.05, 0.1) is 29.6 Å². The molecule has 10 heteroatoms. The van der Waals surface area contributed by atoms with Crippen LogP contribution in [0.15, 0.2) is 53.3 Å². The number of halogens is 3. The standard InChI is InChI=1S/C25H26F3N3O4/c1-3-13-29-23(33)16(2)35-22(32)12-10-19-24(34)31(15-17-7-5-4-6-8-17)21-11-9-18(25(26,27)28)14-20(21)30-19/h4-9,11,14,16H,3,10,12-13,15H2,1-2H3,(H,29,33). The Bertz CT molecular complexity index is 1260. The molecule has 3 aromatic rings. The second kappa shape index (κ2) is 11.2. The van der Waals surface area contributed by atoms with E-state index in [-0.39, 0.29) is 36.1 Å². The Kier molecular flexibility index (Phi) is 8.26. The molecule has 0 aliphatic rings. The first-order valence-electron chi connectivity index (χ1n) is 11.2. The zero-order chi connectivity index (χ0) is 25.6. The summed E-state index contributed by atoms with van der Waals surface area (Å²) >= 11 is 0. The van der Waals surface area contributed by atoms with Crippen LogP contribution in [0.1, 0.15) is 43.5 Å². The van der Waals surface area contributed by atoms with Gasteiger partial charge in [-0.3, -0.25) is 14.4 Å². The maximum atomic E-state index is 13.3. The predicted octanol–water partition coefficient (Wildman–Crippen LogP) is 3.85. The Labute approximate surface area is 199 Å². The van der Waals surface area contributed by atoms with Crippen molar-refractivity contribution in [3.05, 3.63) is 75.7 Å². The van der Waals surface area contributed by atoms with E-state index >= 15 is 0 Å². The summed E-state index contributed by atoms with van der Waals surface area (Å²) in [4.78, 5) is 41.5. The first kappa shape index (κ1) is 25.9. The lowest BCUT2D eigenvalue weighted by Crippen LogP contribution is -2.36. The summed E-state index contributed by atoms with van der Waals surface area (Å²) in [5.41, 5.74) is -0.445. The van der Waals surface area contributed by atoms with Gasteiger partial charge < -0.3 is 14.6 Å². The summed E-state index contributed by atoms with van der Waals surface area (Å²) in [7, 11) is 0. The van der Waals surface area contributed by atoms with Crippen LogP contribution in [0.5, 0.6) is 0 Å². The first-order valence-corrected chi connectivity index (χ1v) is 11.2. The van der Waals surface area contributed by atoms with Gasteiger partial charge in [-0.05, 0) is 37.1 Å². The largest absolute Gasteiger partial charge is 0.453 e. The van der Waals surface area contributed by atoms with Crippen LogP contribution in [0.4, 0.5) is 13.2 Å². The van der Waals surface area contributed by atoms with E-state index in [1.54, 1.807) is 24.3 Å². The fraction of sp³-hybridized carbons (Fsp3) is 0.360. The minimum atomic E-state index is -4.57. The normalized spacial score (nSPS) is 12.4. The molecule has 35 heavy (non-hydrogen) atoms. The van der Waals surface area contributed by atoms with Gasteiger partial charge in [-0.15, -0.1) is 0 Å². The number of ether oxygens (including phenoxy) is 1. The molecule has 0 fully saturated rings. The highest BCUT2D eigenvalue weighted by Gasteiger charge is 2.31. The van der Waals surface area contributed by atoms with Gasteiger partial charge >= 0.3 is 12.1 Å². The second-order valence-electron chi connectivity index (χ2n) is 8.06. The number of hydrogen-bond acceptors (Lipinski definition) is 5. The van der Waals surface area contributed by atoms with Gasteiger partial charge in [-0.2, -0.15) is 13.2 Å². The zero-order valence-corrected chi connectivity index (χ0v) is 19.4. The van der Waals surface area contributed by atoms with E-state index in [1.165, 1.54) is 17.6 Å². The smallest absolute Gasteiger partial charge is 0.416 e. The topological polar surface area (TPSA) is 90.3 Å². The van der Waals surface area contributed by atoms with Crippen molar-refractivity contribution < 1.29 is 27.5 Å². The van der Waals surface area contributed by atoms with Crippen LogP contribution in [0.2, 0.25) is 0 Å². The molecule has 0 aliphatic heterocycles. The molecule has 1 atom stereocenters.